The highest BCUT2D eigenvalue weighted by atomic mass is 16.5. The third-order valence-corrected chi connectivity index (χ3v) is 9.16. The number of benzene rings is 1. The lowest BCUT2D eigenvalue weighted by atomic mass is 9.49. The molecule has 1 amide bonds. The van der Waals surface area contributed by atoms with Crippen LogP contribution in [0.15, 0.2) is 40.8 Å². The quantitative estimate of drug-likeness (QED) is 0.367. The van der Waals surface area contributed by atoms with Crippen LogP contribution in [0.25, 0.3) is 11.1 Å². The molecular formula is C32H34N2O6. The summed E-state index contributed by atoms with van der Waals surface area (Å²) in [4.78, 5) is 42.9. The number of rotatable bonds is 6. The number of furan rings is 1. The standard InChI is InChI=1S/C32H34N2O6/c1-17-26(30(36)38-3)28(27(18(2)33-17)31(37)39-4)22-5-7-23(8-6-22)34-29(35)24-9-10-25(40-24)32-14-19-11-20(15-32)13-21(12-19)16-32/h5-10,19-21H,11-16H2,1-4H3,(H,34,35). The fourth-order valence-electron chi connectivity index (χ4n) is 7.91. The first-order valence-electron chi connectivity index (χ1n) is 13.9. The predicted molar refractivity (Wildman–Crippen MR) is 148 cm³/mol. The van der Waals surface area contributed by atoms with Crippen molar-refractivity contribution in [2.45, 2.75) is 57.8 Å². The normalized spacial score (nSPS) is 24.6. The summed E-state index contributed by atoms with van der Waals surface area (Å²) in [5.41, 5.74) is 2.89. The van der Waals surface area contributed by atoms with Crippen LogP contribution in [0.1, 0.15) is 86.9 Å². The first-order valence-corrected chi connectivity index (χ1v) is 13.9. The summed E-state index contributed by atoms with van der Waals surface area (Å²) >= 11 is 0. The van der Waals surface area contributed by atoms with Crippen molar-refractivity contribution in [1.29, 1.82) is 0 Å². The van der Waals surface area contributed by atoms with Crippen molar-refractivity contribution in [3.8, 4) is 11.1 Å². The molecule has 4 saturated carbocycles. The van der Waals surface area contributed by atoms with Gasteiger partial charge in [0.15, 0.2) is 5.76 Å². The lowest BCUT2D eigenvalue weighted by Gasteiger charge is -2.55. The van der Waals surface area contributed by atoms with Crippen LogP contribution in [-0.2, 0) is 14.9 Å². The average molecular weight is 543 g/mol. The van der Waals surface area contributed by atoms with Crippen LogP contribution in [0.2, 0.25) is 0 Å². The van der Waals surface area contributed by atoms with E-state index in [2.05, 4.69) is 10.3 Å². The van der Waals surface area contributed by atoms with Gasteiger partial charge in [0, 0.05) is 16.7 Å². The predicted octanol–water partition coefficient (Wildman–Crippen LogP) is 6.25. The highest BCUT2D eigenvalue weighted by Gasteiger charge is 2.53. The van der Waals surface area contributed by atoms with Crippen LogP contribution in [0.4, 0.5) is 5.69 Å². The lowest BCUT2D eigenvalue weighted by molar-refractivity contribution is -0.0154. The fourth-order valence-corrected chi connectivity index (χ4v) is 7.91. The zero-order valence-corrected chi connectivity index (χ0v) is 23.3. The minimum Gasteiger partial charge on any atom is -0.465 e. The number of ether oxygens (including phenoxy) is 2. The molecule has 2 heterocycles. The van der Waals surface area contributed by atoms with E-state index in [1.807, 2.05) is 6.07 Å². The van der Waals surface area contributed by atoms with Gasteiger partial charge in [-0.1, -0.05) is 12.1 Å². The second-order valence-corrected chi connectivity index (χ2v) is 11.8. The van der Waals surface area contributed by atoms with E-state index >= 15 is 0 Å². The van der Waals surface area contributed by atoms with E-state index < -0.39 is 11.9 Å². The maximum atomic E-state index is 13.1. The van der Waals surface area contributed by atoms with Crippen molar-refractivity contribution in [1.82, 2.24) is 4.98 Å². The third-order valence-electron chi connectivity index (χ3n) is 9.16. The number of nitrogens with one attached hydrogen (secondary N) is 1. The Kier molecular flexibility index (Phi) is 6.51. The molecule has 0 radical (unpaired) electrons. The highest BCUT2D eigenvalue weighted by Crippen LogP contribution is 2.60. The van der Waals surface area contributed by atoms with Crippen LogP contribution < -0.4 is 5.32 Å². The van der Waals surface area contributed by atoms with E-state index in [1.165, 1.54) is 52.7 Å². The molecule has 8 nitrogen and oxygen atoms in total. The van der Waals surface area contributed by atoms with Crippen molar-refractivity contribution in [2.75, 3.05) is 19.5 Å². The molecule has 40 heavy (non-hydrogen) atoms. The number of pyridine rings is 1. The number of aromatic nitrogens is 1. The van der Waals surface area contributed by atoms with Gasteiger partial charge in [0.25, 0.3) is 5.91 Å². The molecular weight excluding hydrogens is 508 g/mol. The SMILES string of the molecule is COC(=O)c1c(C)nc(C)c(C(=O)OC)c1-c1ccc(NC(=O)c2ccc(C34CC5CC(CC(C5)C3)C4)o2)cc1. The number of anilines is 1. The molecule has 4 aliphatic carbocycles. The number of methoxy groups -OCH3 is 2. The number of hydrogen-bond acceptors (Lipinski definition) is 7. The van der Waals surface area contributed by atoms with E-state index in [0.717, 1.165) is 23.5 Å². The monoisotopic (exact) mass is 542 g/mol. The minimum atomic E-state index is -0.602. The van der Waals surface area contributed by atoms with Crippen molar-refractivity contribution in [3.63, 3.8) is 0 Å². The Balaban J connectivity index is 1.25. The van der Waals surface area contributed by atoms with Gasteiger partial charge in [0.1, 0.15) is 5.76 Å². The molecule has 0 unspecified atom stereocenters. The summed E-state index contributed by atoms with van der Waals surface area (Å²) < 4.78 is 16.2. The average Bonchev–Trinajstić information content (AvgIpc) is 3.43. The maximum absolute atomic E-state index is 13.1. The maximum Gasteiger partial charge on any atom is 0.340 e. The molecule has 0 aliphatic heterocycles. The topological polar surface area (TPSA) is 108 Å². The summed E-state index contributed by atoms with van der Waals surface area (Å²) in [6, 6.07) is 10.7. The first-order chi connectivity index (χ1) is 19.2. The molecule has 0 saturated heterocycles. The molecule has 7 rings (SSSR count). The van der Waals surface area contributed by atoms with Crippen LogP contribution in [0.3, 0.4) is 0 Å². The van der Waals surface area contributed by atoms with E-state index in [9.17, 15) is 14.4 Å². The van der Waals surface area contributed by atoms with Gasteiger partial charge < -0.3 is 19.2 Å². The molecule has 0 spiro atoms. The number of hydrogen-bond donors (Lipinski definition) is 1. The van der Waals surface area contributed by atoms with Crippen LogP contribution in [0, 0.1) is 31.6 Å². The third kappa shape index (κ3) is 4.39. The molecule has 8 heteroatoms. The van der Waals surface area contributed by atoms with Gasteiger partial charge in [-0.2, -0.15) is 0 Å². The van der Waals surface area contributed by atoms with Crippen molar-refractivity contribution in [3.05, 3.63) is 70.4 Å². The van der Waals surface area contributed by atoms with Crippen molar-refractivity contribution < 1.29 is 28.3 Å². The lowest BCUT2D eigenvalue weighted by Crippen LogP contribution is -2.48. The minimum absolute atomic E-state index is 0.0877. The number of amides is 1. The van der Waals surface area contributed by atoms with Crippen LogP contribution >= 0.6 is 0 Å². The molecule has 1 N–H and O–H groups in total. The van der Waals surface area contributed by atoms with E-state index in [1.54, 1.807) is 44.2 Å². The molecule has 3 aromatic rings. The van der Waals surface area contributed by atoms with Crippen LogP contribution in [0.5, 0.6) is 0 Å². The summed E-state index contributed by atoms with van der Waals surface area (Å²) in [6.45, 7) is 3.39. The number of carbonyl (C=O) groups is 3. The van der Waals surface area contributed by atoms with E-state index in [-0.39, 0.29) is 22.4 Å². The highest BCUT2D eigenvalue weighted by molar-refractivity contribution is 6.07. The molecule has 4 fully saturated rings. The zero-order valence-electron chi connectivity index (χ0n) is 23.3. The summed E-state index contributed by atoms with van der Waals surface area (Å²) in [5, 5.41) is 2.92. The Morgan fingerprint density at radius 2 is 1.35 bits per heavy atom. The smallest absolute Gasteiger partial charge is 0.340 e. The van der Waals surface area contributed by atoms with Crippen molar-refractivity contribution in [2.24, 2.45) is 17.8 Å². The molecule has 2 aromatic heterocycles. The Bertz CT molecular complexity index is 1430. The Morgan fingerprint density at radius 3 is 1.85 bits per heavy atom. The van der Waals surface area contributed by atoms with Gasteiger partial charge in [0.2, 0.25) is 0 Å². The van der Waals surface area contributed by atoms with Gasteiger partial charge >= 0.3 is 11.9 Å². The largest absolute Gasteiger partial charge is 0.465 e. The van der Waals surface area contributed by atoms with Gasteiger partial charge in [-0.05, 0) is 100.0 Å². The second kappa shape index (κ2) is 9.91. The number of nitrogens with zero attached hydrogens (tertiary/aromatic N) is 1. The van der Waals surface area contributed by atoms with Gasteiger partial charge in [-0.3, -0.25) is 9.78 Å². The first kappa shape index (κ1) is 26.3. The molecule has 4 aliphatic rings. The number of esters is 2. The molecule has 0 atom stereocenters. The second-order valence-electron chi connectivity index (χ2n) is 11.8. The van der Waals surface area contributed by atoms with Crippen molar-refractivity contribution >= 4 is 23.5 Å². The van der Waals surface area contributed by atoms with Gasteiger partial charge in [0.05, 0.1) is 36.7 Å². The Hall–Kier alpha value is -3.94. The fraction of sp³-hybridized carbons (Fsp3) is 0.438. The summed E-state index contributed by atoms with van der Waals surface area (Å²) in [5.74, 6) is 2.12. The summed E-state index contributed by atoms with van der Waals surface area (Å²) in [7, 11) is 2.57. The molecule has 4 bridgehead atoms. The number of aryl methyl sites for hydroxylation is 2. The molecule has 208 valence electrons. The van der Waals surface area contributed by atoms with Gasteiger partial charge in [-0.25, -0.2) is 9.59 Å². The zero-order chi connectivity index (χ0) is 28.2. The van der Waals surface area contributed by atoms with Gasteiger partial charge in [-0.15, -0.1) is 0 Å². The Labute approximate surface area is 233 Å². The Morgan fingerprint density at radius 1 is 0.825 bits per heavy atom. The number of carbonyl (C=O) groups excluding carboxylic acids is 3. The van der Waals surface area contributed by atoms with E-state index in [0.29, 0.717) is 34.0 Å². The van der Waals surface area contributed by atoms with E-state index in [4.69, 9.17) is 13.9 Å². The van der Waals surface area contributed by atoms with Crippen LogP contribution in [-0.4, -0.2) is 37.0 Å². The summed E-state index contributed by atoms with van der Waals surface area (Å²) in [6.07, 6.45) is 7.57. The molecule has 1 aromatic carbocycles.